The third-order valence-electron chi connectivity index (χ3n) is 4.59. The van der Waals surface area contributed by atoms with Crippen LogP contribution in [0.2, 0.25) is 0 Å². The van der Waals surface area contributed by atoms with Crippen LogP contribution in [0, 0.1) is 5.92 Å². The molecule has 0 spiro atoms. The van der Waals surface area contributed by atoms with Gasteiger partial charge in [0.05, 0.1) is 0 Å². The zero-order valence-corrected chi connectivity index (χ0v) is 11.5. The number of pyridine rings is 1. The van der Waals surface area contributed by atoms with E-state index >= 15 is 0 Å². The number of hydrogen-bond donors (Lipinski definition) is 1. The molecule has 4 heterocycles. The molecule has 2 saturated heterocycles. The molecular weight excluding hydrogens is 250 g/mol. The average Bonchev–Trinajstić information content (AvgIpc) is 3.04. The molecule has 2 aliphatic heterocycles. The maximum Gasteiger partial charge on any atom is 0.251 e. The van der Waals surface area contributed by atoms with Crippen molar-refractivity contribution < 1.29 is 4.79 Å². The van der Waals surface area contributed by atoms with Crippen LogP contribution < -0.4 is 5.32 Å². The van der Waals surface area contributed by atoms with Gasteiger partial charge >= 0.3 is 0 Å². The third-order valence-corrected chi connectivity index (χ3v) is 4.59. The molecule has 4 heteroatoms. The number of carbonyl (C=O) groups excluding carboxylic acids is 1. The number of nitrogens with one attached hydrogen (secondary N) is 1. The topological polar surface area (TPSA) is 36.8 Å². The fourth-order valence-electron chi connectivity index (χ4n) is 3.61. The van der Waals surface area contributed by atoms with Crippen LogP contribution in [0.15, 0.2) is 36.7 Å². The Hall–Kier alpha value is -1.81. The van der Waals surface area contributed by atoms with Gasteiger partial charge in [-0.1, -0.05) is 0 Å². The first-order chi connectivity index (χ1) is 9.78. The van der Waals surface area contributed by atoms with Crippen molar-refractivity contribution in [1.82, 2.24) is 14.6 Å². The molecule has 0 saturated carbocycles. The normalized spacial score (nSPS) is 28.7. The highest BCUT2D eigenvalue weighted by Gasteiger charge is 2.32. The lowest BCUT2D eigenvalue weighted by molar-refractivity contribution is 0.0909. The van der Waals surface area contributed by atoms with E-state index in [9.17, 15) is 4.79 Å². The minimum absolute atomic E-state index is 0.0567. The molecule has 2 aromatic rings. The highest BCUT2D eigenvalue weighted by atomic mass is 16.1. The van der Waals surface area contributed by atoms with E-state index in [1.54, 1.807) is 0 Å². The summed E-state index contributed by atoms with van der Waals surface area (Å²) >= 11 is 0. The minimum Gasteiger partial charge on any atom is -0.348 e. The first-order valence-electron chi connectivity index (χ1n) is 7.38. The minimum atomic E-state index is 0.0567. The van der Waals surface area contributed by atoms with Gasteiger partial charge in [-0.05, 0) is 49.6 Å². The second-order valence-corrected chi connectivity index (χ2v) is 6.08. The van der Waals surface area contributed by atoms with Gasteiger partial charge in [0.25, 0.3) is 5.91 Å². The Labute approximate surface area is 118 Å². The maximum absolute atomic E-state index is 12.4. The number of carbonyl (C=O) groups is 1. The molecule has 3 atom stereocenters. The molecule has 0 aliphatic carbocycles. The predicted octanol–water partition coefficient (Wildman–Crippen LogP) is 1.76. The predicted molar refractivity (Wildman–Crippen MR) is 77.8 cm³/mol. The number of rotatable bonds is 2. The fraction of sp³-hybridized carbons (Fsp3) is 0.438. The summed E-state index contributed by atoms with van der Waals surface area (Å²) in [6, 6.07) is 8.16. The lowest BCUT2D eigenvalue weighted by Crippen LogP contribution is -2.47. The van der Waals surface area contributed by atoms with Gasteiger partial charge in [0, 0.05) is 42.6 Å². The molecule has 104 valence electrons. The molecule has 4 nitrogen and oxygen atoms in total. The summed E-state index contributed by atoms with van der Waals surface area (Å²) in [5.74, 6) is 0.836. The molecule has 2 aliphatic rings. The zero-order chi connectivity index (χ0) is 13.5. The second kappa shape index (κ2) is 4.63. The van der Waals surface area contributed by atoms with Crippen molar-refractivity contribution in [1.29, 1.82) is 0 Å². The summed E-state index contributed by atoms with van der Waals surface area (Å²) in [5, 5.41) is 3.20. The van der Waals surface area contributed by atoms with Gasteiger partial charge in [-0.25, -0.2) is 0 Å². The van der Waals surface area contributed by atoms with Crippen LogP contribution in [0.4, 0.5) is 0 Å². The van der Waals surface area contributed by atoms with Crippen LogP contribution in [-0.2, 0) is 0 Å². The molecule has 20 heavy (non-hydrogen) atoms. The Balaban J connectivity index is 1.49. The summed E-state index contributed by atoms with van der Waals surface area (Å²) in [6.45, 7) is 3.44. The van der Waals surface area contributed by atoms with Gasteiger partial charge in [-0.15, -0.1) is 0 Å². The average molecular weight is 269 g/mol. The van der Waals surface area contributed by atoms with Crippen molar-refractivity contribution in [3.63, 3.8) is 0 Å². The molecule has 0 radical (unpaired) electrons. The van der Waals surface area contributed by atoms with Crippen molar-refractivity contribution in [2.45, 2.75) is 18.9 Å². The number of hydrogen-bond acceptors (Lipinski definition) is 2. The quantitative estimate of drug-likeness (QED) is 0.902. The van der Waals surface area contributed by atoms with Gasteiger partial charge in [-0.2, -0.15) is 0 Å². The standard InChI is InChI=1S/C16H19N3O/c20-16(13-4-7-19-5-1-2-15(19)9-13)17-14-8-12-3-6-18(10-12)11-14/h1-2,4-5,7,9,12,14H,3,6,8,10-11H2,(H,17,20)/t12?,14-/m1/s1. The lowest BCUT2D eigenvalue weighted by atomic mass is 9.96. The molecular formula is C16H19N3O. The van der Waals surface area contributed by atoms with E-state index in [4.69, 9.17) is 0 Å². The van der Waals surface area contributed by atoms with Gasteiger partial charge in [0.1, 0.15) is 0 Å². The number of fused-ring (bicyclic) bond motifs is 3. The monoisotopic (exact) mass is 269 g/mol. The Kier molecular flexibility index (Phi) is 2.77. The van der Waals surface area contributed by atoms with E-state index in [0.717, 1.165) is 30.0 Å². The Morgan fingerprint density at radius 3 is 3.10 bits per heavy atom. The van der Waals surface area contributed by atoms with Crippen LogP contribution in [0.5, 0.6) is 0 Å². The second-order valence-electron chi connectivity index (χ2n) is 6.08. The molecule has 2 fully saturated rings. The van der Waals surface area contributed by atoms with Gasteiger partial charge < -0.3 is 14.6 Å². The third kappa shape index (κ3) is 2.10. The van der Waals surface area contributed by atoms with Gasteiger partial charge in [0.15, 0.2) is 0 Å². The van der Waals surface area contributed by atoms with Crippen LogP contribution in [0.25, 0.3) is 5.52 Å². The van der Waals surface area contributed by atoms with Crippen molar-refractivity contribution in [2.75, 3.05) is 19.6 Å². The summed E-state index contributed by atoms with van der Waals surface area (Å²) < 4.78 is 2.02. The number of aromatic nitrogens is 1. The molecule has 1 amide bonds. The summed E-state index contributed by atoms with van der Waals surface area (Å²) in [7, 11) is 0. The van der Waals surface area contributed by atoms with Crippen molar-refractivity contribution in [3.8, 4) is 0 Å². The summed E-state index contributed by atoms with van der Waals surface area (Å²) in [5.41, 5.74) is 1.81. The molecule has 0 aromatic carbocycles. The maximum atomic E-state index is 12.4. The SMILES string of the molecule is O=C(N[C@@H]1CC2CCN(C2)C1)c1ccn2cccc2c1. The first-order valence-corrected chi connectivity index (χ1v) is 7.38. The van der Waals surface area contributed by atoms with E-state index in [2.05, 4.69) is 10.2 Å². The van der Waals surface area contributed by atoms with E-state index in [1.165, 1.54) is 19.5 Å². The van der Waals surface area contributed by atoms with Crippen molar-refractivity contribution in [2.24, 2.45) is 5.92 Å². The highest BCUT2D eigenvalue weighted by molar-refractivity contribution is 5.95. The molecule has 2 bridgehead atoms. The van der Waals surface area contributed by atoms with Crippen LogP contribution >= 0.6 is 0 Å². The molecule has 2 unspecified atom stereocenters. The van der Waals surface area contributed by atoms with E-state index in [-0.39, 0.29) is 5.91 Å². The summed E-state index contributed by atoms with van der Waals surface area (Å²) in [4.78, 5) is 14.8. The number of piperidine rings is 1. The Morgan fingerprint density at radius 1 is 1.25 bits per heavy atom. The van der Waals surface area contributed by atoms with E-state index < -0.39 is 0 Å². The highest BCUT2D eigenvalue weighted by Crippen LogP contribution is 2.26. The first kappa shape index (κ1) is 12.0. The molecule has 1 N–H and O–H groups in total. The van der Waals surface area contributed by atoms with Gasteiger partial charge in [0.2, 0.25) is 0 Å². The fourth-order valence-corrected chi connectivity index (χ4v) is 3.61. The molecule has 2 aromatic heterocycles. The van der Waals surface area contributed by atoms with Gasteiger partial charge in [-0.3, -0.25) is 4.79 Å². The van der Waals surface area contributed by atoms with E-state index in [1.807, 2.05) is 41.1 Å². The van der Waals surface area contributed by atoms with Crippen molar-refractivity contribution >= 4 is 11.4 Å². The summed E-state index contributed by atoms with van der Waals surface area (Å²) in [6.07, 6.45) is 6.36. The van der Waals surface area contributed by atoms with E-state index in [0.29, 0.717) is 6.04 Å². The van der Waals surface area contributed by atoms with Crippen LogP contribution in [0.1, 0.15) is 23.2 Å². The van der Waals surface area contributed by atoms with Crippen molar-refractivity contribution in [3.05, 3.63) is 42.2 Å². The Bertz CT molecular complexity index is 636. The largest absolute Gasteiger partial charge is 0.348 e. The smallest absolute Gasteiger partial charge is 0.251 e. The van der Waals surface area contributed by atoms with Crippen LogP contribution in [-0.4, -0.2) is 40.9 Å². The molecule has 4 rings (SSSR count). The lowest BCUT2D eigenvalue weighted by Gasteiger charge is -2.30. The Morgan fingerprint density at radius 2 is 2.20 bits per heavy atom. The zero-order valence-electron chi connectivity index (χ0n) is 11.5. The number of amides is 1. The number of nitrogens with zero attached hydrogens (tertiary/aromatic N) is 2. The van der Waals surface area contributed by atoms with Crippen LogP contribution in [0.3, 0.4) is 0 Å².